The molecule has 0 aliphatic carbocycles. The van der Waals surface area contributed by atoms with Crippen LogP contribution in [0, 0.1) is 0 Å². The van der Waals surface area contributed by atoms with Crippen LogP contribution >= 0.6 is 0 Å². The molecular weight excluding hydrogens is 312 g/mol. The summed E-state index contributed by atoms with van der Waals surface area (Å²) < 4.78 is 17.6. The fraction of sp³-hybridized carbons (Fsp3) is 0. The van der Waals surface area contributed by atoms with Crippen LogP contribution in [0.2, 0.25) is 0 Å². The first kappa shape index (κ1) is 13.9. The van der Waals surface area contributed by atoms with E-state index < -0.39 is 0 Å². The number of furan rings is 2. The molecule has 0 amide bonds. The van der Waals surface area contributed by atoms with Gasteiger partial charge in [-0.2, -0.15) is 0 Å². The summed E-state index contributed by atoms with van der Waals surface area (Å²) in [6, 6.07) is 25.7. The van der Waals surface area contributed by atoms with Gasteiger partial charge in [-0.3, -0.25) is 0 Å². The molecule has 0 N–H and O–H groups in total. The Morgan fingerprint density at radius 2 is 1.44 bits per heavy atom. The van der Waals surface area contributed by atoms with Crippen molar-refractivity contribution in [3.05, 3.63) is 85.1 Å². The lowest BCUT2D eigenvalue weighted by Crippen LogP contribution is -1.85. The van der Waals surface area contributed by atoms with Crippen molar-refractivity contribution in [3.63, 3.8) is 0 Å². The maximum absolute atomic E-state index is 6.12. The minimum Gasteiger partial charge on any atom is -0.455 e. The zero-order valence-corrected chi connectivity index (χ0v) is 13.3. The van der Waals surface area contributed by atoms with Gasteiger partial charge in [-0.05, 0) is 24.3 Å². The van der Waals surface area contributed by atoms with E-state index in [0.29, 0.717) is 5.95 Å². The maximum Gasteiger partial charge on any atom is 0.298 e. The largest absolute Gasteiger partial charge is 0.455 e. The van der Waals surface area contributed by atoms with Gasteiger partial charge >= 0.3 is 0 Å². The average molecular weight is 326 g/mol. The molecular formula is C22H14O3. The van der Waals surface area contributed by atoms with Gasteiger partial charge in [0.15, 0.2) is 0 Å². The number of ether oxygens (including phenoxy) is 1. The summed E-state index contributed by atoms with van der Waals surface area (Å²) in [6.45, 7) is 0. The van der Waals surface area contributed by atoms with Crippen LogP contribution in [-0.2, 0) is 0 Å². The molecule has 0 unspecified atom stereocenters. The van der Waals surface area contributed by atoms with Crippen LogP contribution < -0.4 is 4.74 Å². The van der Waals surface area contributed by atoms with Crippen LogP contribution in [-0.4, -0.2) is 0 Å². The Hall–Kier alpha value is -3.46. The summed E-state index contributed by atoms with van der Waals surface area (Å²) in [6.07, 6.45) is 1.63. The summed E-state index contributed by atoms with van der Waals surface area (Å²) in [5.41, 5.74) is 3.53. The van der Waals surface area contributed by atoms with Crippen molar-refractivity contribution < 1.29 is 13.6 Å². The minimum absolute atomic E-state index is 0.458. The molecule has 0 bridgehead atoms. The zero-order valence-electron chi connectivity index (χ0n) is 13.3. The molecule has 5 rings (SSSR count). The fourth-order valence-electron chi connectivity index (χ4n) is 3.13. The van der Waals surface area contributed by atoms with E-state index in [0.717, 1.165) is 38.8 Å². The van der Waals surface area contributed by atoms with Crippen LogP contribution in [0.3, 0.4) is 0 Å². The molecule has 2 heterocycles. The van der Waals surface area contributed by atoms with Crippen LogP contribution in [0.5, 0.6) is 11.7 Å². The highest BCUT2D eigenvalue weighted by molar-refractivity contribution is 6.09. The van der Waals surface area contributed by atoms with Crippen molar-refractivity contribution in [1.82, 2.24) is 0 Å². The highest BCUT2D eigenvalue weighted by atomic mass is 16.6. The van der Waals surface area contributed by atoms with E-state index in [-0.39, 0.29) is 0 Å². The molecule has 120 valence electrons. The van der Waals surface area contributed by atoms with Gasteiger partial charge in [0, 0.05) is 16.3 Å². The second-order valence-corrected chi connectivity index (χ2v) is 5.82. The Kier molecular flexibility index (Phi) is 3.10. The highest BCUT2D eigenvalue weighted by Crippen LogP contribution is 2.40. The first-order valence-electron chi connectivity index (χ1n) is 8.11. The number of rotatable bonds is 3. The molecule has 2 aromatic heterocycles. The number of para-hydroxylation sites is 3. The van der Waals surface area contributed by atoms with E-state index in [4.69, 9.17) is 13.6 Å². The Bertz CT molecular complexity index is 1170. The second-order valence-electron chi connectivity index (χ2n) is 5.82. The van der Waals surface area contributed by atoms with Crippen molar-refractivity contribution in [2.45, 2.75) is 0 Å². The van der Waals surface area contributed by atoms with Crippen molar-refractivity contribution >= 4 is 21.9 Å². The monoisotopic (exact) mass is 326 g/mol. The minimum atomic E-state index is 0.458. The standard InChI is InChI=1S/C22H14O3/c1-2-7-15(8-3-1)24-22-19(13-14-23-22)18-11-6-10-17-16-9-4-5-12-20(16)25-21(17)18/h1-14H. The first-order valence-corrected chi connectivity index (χ1v) is 8.11. The van der Waals surface area contributed by atoms with E-state index in [2.05, 4.69) is 12.1 Å². The van der Waals surface area contributed by atoms with Crippen LogP contribution in [0.15, 0.2) is 94.0 Å². The third kappa shape index (κ3) is 2.29. The lowest BCUT2D eigenvalue weighted by atomic mass is 10.0. The molecule has 5 aromatic rings. The van der Waals surface area contributed by atoms with E-state index in [1.165, 1.54) is 0 Å². The van der Waals surface area contributed by atoms with Crippen molar-refractivity contribution in [1.29, 1.82) is 0 Å². The first-order chi connectivity index (χ1) is 12.4. The smallest absolute Gasteiger partial charge is 0.298 e. The summed E-state index contributed by atoms with van der Waals surface area (Å²) in [4.78, 5) is 0. The molecule has 0 saturated carbocycles. The van der Waals surface area contributed by atoms with Gasteiger partial charge in [0.25, 0.3) is 5.95 Å². The molecule has 25 heavy (non-hydrogen) atoms. The number of fused-ring (bicyclic) bond motifs is 3. The average Bonchev–Trinajstić information content (AvgIpc) is 3.26. The second kappa shape index (κ2) is 5.56. The molecule has 0 saturated heterocycles. The predicted octanol–water partition coefficient (Wildman–Crippen LogP) is 6.64. The molecule has 3 heteroatoms. The van der Waals surface area contributed by atoms with Gasteiger partial charge in [-0.1, -0.05) is 54.6 Å². The molecule has 0 fully saturated rings. The highest BCUT2D eigenvalue weighted by Gasteiger charge is 2.17. The van der Waals surface area contributed by atoms with E-state index in [1.54, 1.807) is 6.26 Å². The molecule has 3 nitrogen and oxygen atoms in total. The van der Waals surface area contributed by atoms with Crippen molar-refractivity contribution in [3.8, 4) is 22.8 Å². The van der Waals surface area contributed by atoms with Gasteiger partial charge < -0.3 is 13.6 Å². The summed E-state index contributed by atoms with van der Waals surface area (Å²) in [7, 11) is 0. The van der Waals surface area contributed by atoms with Crippen LogP contribution in [0.25, 0.3) is 33.1 Å². The van der Waals surface area contributed by atoms with Crippen LogP contribution in [0.1, 0.15) is 0 Å². The Morgan fingerprint density at radius 1 is 0.640 bits per heavy atom. The molecule has 0 spiro atoms. The number of hydrogen-bond donors (Lipinski definition) is 0. The van der Waals surface area contributed by atoms with E-state index >= 15 is 0 Å². The number of hydrogen-bond acceptors (Lipinski definition) is 3. The topological polar surface area (TPSA) is 35.5 Å². The fourth-order valence-corrected chi connectivity index (χ4v) is 3.13. The Balaban J connectivity index is 1.68. The van der Waals surface area contributed by atoms with Gasteiger partial charge in [-0.25, -0.2) is 0 Å². The van der Waals surface area contributed by atoms with Gasteiger partial charge in [0.1, 0.15) is 16.9 Å². The lowest BCUT2D eigenvalue weighted by molar-refractivity contribution is 0.348. The molecule has 0 aliphatic heterocycles. The molecule has 3 aromatic carbocycles. The zero-order chi connectivity index (χ0) is 16.6. The van der Waals surface area contributed by atoms with Gasteiger partial charge in [-0.15, -0.1) is 0 Å². The SMILES string of the molecule is c1ccc(Oc2occc2-c2cccc3c2oc2ccccc23)cc1. The Morgan fingerprint density at radius 3 is 2.36 bits per heavy atom. The van der Waals surface area contributed by atoms with Gasteiger partial charge in [0.05, 0.1) is 11.8 Å². The van der Waals surface area contributed by atoms with Gasteiger partial charge in [0.2, 0.25) is 0 Å². The summed E-state index contributed by atoms with van der Waals surface area (Å²) >= 11 is 0. The quantitative estimate of drug-likeness (QED) is 0.373. The molecule has 0 radical (unpaired) electrons. The normalized spacial score (nSPS) is 11.2. The van der Waals surface area contributed by atoms with E-state index in [9.17, 15) is 0 Å². The Labute approximate surface area is 144 Å². The maximum atomic E-state index is 6.12. The van der Waals surface area contributed by atoms with Crippen LogP contribution in [0.4, 0.5) is 0 Å². The molecule has 0 atom stereocenters. The van der Waals surface area contributed by atoms with E-state index in [1.807, 2.05) is 66.7 Å². The summed E-state index contributed by atoms with van der Waals surface area (Å²) in [5.74, 6) is 1.19. The predicted molar refractivity (Wildman–Crippen MR) is 97.9 cm³/mol. The third-order valence-corrected chi connectivity index (χ3v) is 4.28. The summed E-state index contributed by atoms with van der Waals surface area (Å²) in [5, 5.41) is 2.19. The lowest BCUT2D eigenvalue weighted by Gasteiger charge is -2.05. The third-order valence-electron chi connectivity index (χ3n) is 4.28. The number of benzene rings is 3. The van der Waals surface area contributed by atoms with Crippen molar-refractivity contribution in [2.24, 2.45) is 0 Å². The van der Waals surface area contributed by atoms with Crippen molar-refractivity contribution in [2.75, 3.05) is 0 Å². The molecule has 0 aliphatic rings.